The molecule has 1 saturated carbocycles. The molecular formula is C31H27N7. The highest BCUT2D eigenvalue weighted by atomic mass is 15.1. The minimum Gasteiger partial charge on any atom is -0.358 e. The summed E-state index contributed by atoms with van der Waals surface area (Å²) in [4.78, 5) is 16.8. The van der Waals surface area contributed by atoms with Gasteiger partial charge in [0.1, 0.15) is 5.69 Å². The van der Waals surface area contributed by atoms with E-state index in [2.05, 4.69) is 72.4 Å². The molecule has 5 heterocycles. The average molecular weight is 498 g/mol. The van der Waals surface area contributed by atoms with Crippen LogP contribution < -0.4 is 5.32 Å². The van der Waals surface area contributed by atoms with Crippen molar-refractivity contribution in [3.63, 3.8) is 0 Å². The molecule has 7 heteroatoms. The van der Waals surface area contributed by atoms with E-state index in [9.17, 15) is 0 Å². The number of allylic oxidation sites excluding steroid dienone is 1. The van der Waals surface area contributed by atoms with E-state index in [4.69, 9.17) is 0 Å². The number of benzene rings is 1. The maximum Gasteiger partial charge on any atom is 0.116 e. The van der Waals surface area contributed by atoms with E-state index in [1.54, 1.807) is 12.4 Å². The number of nitrogens with zero attached hydrogens (tertiary/aromatic N) is 4. The number of hydrogen-bond donors (Lipinski definition) is 3. The summed E-state index contributed by atoms with van der Waals surface area (Å²) in [6, 6.07) is 16.6. The molecule has 5 aromatic heterocycles. The molecule has 0 aliphatic heterocycles. The molecule has 6 aromatic rings. The fourth-order valence-electron chi connectivity index (χ4n) is 5.55. The first-order valence-corrected chi connectivity index (χ1v) is 13.0. The summed E-state index contributed by atoms with van der Waals surface area (Å²) in [7, 11) is 0. The van der Waals surface area contributed by atoms with Gasteiger partial charge >= 0.3 is 0 Å². The molecule has 3 N–H and O–H groups in total. The van der Waals surface area contributed by atoms with Crippen LogP contribution in [-0.2, 0) is 0 Å². The Hall–Kier alpha value is -4.78. The summed E-state index contributed by atoms with van der Waals surface area (Å²) in [6.45, 7) is 4.29. The molecule has 0 bridgehead atoms. The number of pyridine rings is 3. The van der Waals surface area contributed by atoms with Crippen molar-refractivity contribution in [2.24, 2.45) is 5.92 Å². The highest BCUT2D eigenvalue weighted by Gasteiger charge is 2.19. The van der Waals surface area contributed by atoms with Gasteiger partial charge in [0, 0.05) is 57.9 Å². The standard InChI is InChI=1S/C31H27N7/c1-19(20-4-2-3-5-20)35-24-14-23(17-33-18-24)22-6-7-28-25(15-22)31(38-37-28)29-16-26-27(36-29)10-13-34-30(26)21-8-11-32-12-9-21/h6-18,20,35-36H,1-5H2,(H,37,38). The normalized spacial score (nSPS) is 13.9. The Morgan fingerprint density at radius 1 is 0.789 bits per heavy atom. The second kappa shape index (κ2) is 9.27. The first-order valence-electron chi connectivity index (χ1n) is 13.0. The number of fused-ring (bicyclic) bond motifs is 2. The van der Waals surface area contributed by atoms with Gasteiger partial charge in [-0.25, -0.2) is 0 Å². The van der Waals surface area contributed by atoms with Gasteiger partial charge in [-0.05, 0) is 66.8 Å². The van der Waals surface area contributed by atoms with Gasteiger partial charge in [0.05, 0.1) is 28.8 Å². The third-order valence-corrected chi connectivity index (χ3v) is 7.54. The predicted octanol–water partition coefficient (Wildman–Crippen LogP) is 7.35. The van der Waals surface area contributed by atoms with Crippen LogP contribution in [-0.4, -0.2) is 30.1 Å². The Labute approximate surface area is 220 Å². The van der Waals surface area contributed by atoms with Crippen LogP contribution in [0.25, 0.3) is 55.6 Å². The number of aromatic nitrogens is 6. The number of hydrogen-bond acceptors (Lipinski definition) is 5. The van der Waals surface area contributed by atoms with Gasteiger partial charge in [0.25, 0.3) is 0 Å². The quantitative estimate of drug-likeness (QED) is 0.224. The van der Waals surface area contributed by atoms with Crippen molar-refractivity contribution in [3.8, 4) is 33.8 Å². The smallest absolute Gasteiger partial charge is 0.116 e. The summed E-state index contributed by atoms with van der Waals surface area (Å²) in [5.41, 5.74) is 9.94. The molecule has 1 aromatic carbocycles. The molecular weight excluding hydrogens is 470 g/mol. The van der Waals surface area contributed by atoms with E-state index >= 15 is 0 Å². The molecule has 186 valence electrons. The molecule has 0 atom stereocenters. The topological polar surface area (TPSA) is 95.2 Å². The SMILES string of the molecule is C=C(Nc1cncc(-c2ccc3[nH]nc(-c4cc5c(-c6ccncc6)nccc5[nH]4)c3c2)c1)C1CCCC1. The summed E-state index contributed by atoms with van der Waals surface area (Å²) in [5.74, 6) is 0.550. The van der Waals surface area contributed by atoms with Crippen LogP contribution in [0, 0.1) is 5.92 Å². The summed E-state index contributed by atoms with van der Waals surface area (Å²) in [6.07, 6.45) is 14.2. The van der Waals surface area contributed by atoms with Crippen molar-refractivity contribution in [3.05, 3.63) is 91.8 Å². The van der Waals surface area contributed by atoms with Crippen LogP contribution in [0.2, 0.25) is 0 Å². The third kappa shape index (κ3) is 4.02. The van der Waals surface area contributed by atoms with Crippen molar-refractivity contribution in [1.82, 2.24) is 30.1 Å². The second-order valence-corrected chi connectivity index (χ2v) is 9.97. The van der Waals surface area contributed by atoms with Crippen LogP contribution >= 0.6 is 0 Å². The first kappa shape index (κ1) is 22.4. The van der Waals surface area contributed by atoms with E-state index in [0.29, 0.717) is 5.92 Å². The Balaban J connectivity index is 1.25. The minimum atomic E-state index is 0.550. The second-order valence-electron chi connectivity index (χ2n) is 9.97. The van der Waals surface area contributed by atoms with Gasteiger partial charge in [-0.15, -0.1) is 0 Å². The van der Waals surface area contributed by atoms with Crippen LogP contribution in [0.15, 0.2) is 91.8 Å². The molecule has 1 fully saturated rings. The van der Waals surface area contributed by atoms with Crippen molar-refractivity contribution >= 4 is 27.5 Å². The average Bonchev–Trinajstić information content (AvgIpc) is 3.73. The lowest BCUT2D eigenvalue weighted by molar-refractivity contribution is 0.649. The summed E-state index contributed by atoms with van der Waals surface area (Å²) >= 11 is 0. The van der Waals surface area contributed by atoms with Crippen molar-refractivity contribution in [1.29, 1.82) is 0 Å². The van der Waals surface area contributed by atoms with Crippen LogP contribution in [0.1, 0.15) is 25.7 Å². The number of H-pyrrole nitrogens is 2. The van der Waals surface area contributed by atoms with E-state index in [0.717, 1.165) is 67.0 Å². The third-order valence-electron chi connectivity index (χ3n) is 7.54. The molecule has 7 rings (SSSR count). The highest BCUT2D eigenvalue weighted by molar-refractivity contribution is 6.00. The fraction of sp³-hybridized carbons (Fsp3) is 0.161. The number of aromatic amines is 2. The Morgan fingerprint density at radius 3 is 2.50 bits per heavy atom. The molecule has 0 radical (unpaired) electrons. The maximum absolute atomic E-state index is 4.67. The zero-order chi connectivity index (χ0) is 25.5. The maximum atomic E-state index is 4.67. The van der Waals surface area contributed by atoms with Gasteiger partial charge in [-0.2, -0.15) is 5.10 Å². The Kier molecular flexibility index (Phi) is 5.47. The van der Waals surface area contributed by atoms with Crippen LogP contribution in [0.5, 0.6) is 0 Å². The first-order chi connectivity index (χ1) is 18.7. The zero-order valence-electron chi connectivity index (χ0n) is 20.9. The van der Waals surface area contributed by atoms with Crippen molar-refractivity contribution in [2.45, 2.75) is 25.7 Å². The van der Waals surface area contributed by atoms with Gasteiger partial charge in [0.2, 0.25) is 0 Å². The summed E-state index contributed by atoms with van der Waals surface area (Å²) < 4.78 is 0. The number of anilines is 1. The molecule has 0 unspecified atom stereocenters. The lowest BCUT2D eigenvalue weighted by atomic mass is 10.0. The molecule has 0 spiro atoms. The van der Waals surface area contributed by atoms with Crippen molar-refractivity contribution in [2.75, 3.05) is 5.32 Å². The van der Waals surface area contributed by atoms with E-state index in [1.165, 1.54) is 25.7 Å². The lowest BCUT2D eigenvalue weighted by Gasteiger charge is -2.16. The lowest BCUT2D eigenvalue weighted by Crippen LogP contribution is -2.07. The molecule has 7 nitrogen and oxygen atoms in total. The van der Waals surface area contributed by atoms with Crippen LogP contribution in [0.3, 0.4) is 0 Å². The highest BCUT2D eigenvalue weighted by Crippen LogP contribution is 2.35. The van der Waals surface area contributed by atoms with Gasteiger partial charge in [-0.3, -0.25) is 20.1 Å². The number of nitrogens with one attached hydrogen (secondary N) is 3. The number of rotatable bonds is 6. The molecule has 1 aliphatic rings. The molecule has 0 amide bonds. The van der Waals surface area contributed by atoms with Gasteiger partial charge in [-0.1, -0.05) is 25.5 Å². The largest absolute Gasteiger partial charge is 0.358 e. The van der Waals surface area contributed by atoms with Crippen molar-refractivity contribution < 1.29 is 0 Å². The molecule has 1 aliphatic carbocycles. The van der Waals surface area contributed by atoms with Crippen LogP contribution in [0.4, 0.5) is 5.69 Å². The minimum absolute atomic E-state index is 0.550. The Bertz CT molecular complexity index is 1770. The van der Waals surface area contributed by atoms with E-state index < -0.39 is 0 Å². The van der Waals surface area contributed by atoms with Gasteiger partial charge < -0.3 is 10.3 Å². The van der Waals surface area contributed by atoms with E-state index in [1.807, 2.05) is 36.8 Å². The molecule has 38 heavy (non-hydrogen) atoms. The van der Waals surface area contributed by atoms with Gasteiger partial charge in [0.15, 0.2) is 0 Å². The summed E-state index contributed by atoms with van der Waals surface area (Å²) in [5, 5.41) is 13.5. The fourth-order valence-corrected chi connectivity index (χ4v) is 5.55. The Morgan fingerprint density at radius 2 is 1.63 bits per heavy atom. The van der Waals surface area contributed by atoms with E-state index in [-0.39, 0.29) is 0 Å². The molecule has 0 saturated heterocycles. The zero-order valence-corrected chi connectivity index (χ0v) is 20.9. The predicted molar refractivity (Wildman–Crippen MR) is 152 cm³/mol. The monoisotopic (exact) mass is 497 g/mol.